The van der Waals surface area contributed by atoms with Crippen molar-refractivity contribution < 1.29 is 9.59 Å². The molecule has 1 saturated carbocycles. The van der Waals surface area contributed by atoms with Crippen molar-refractivity contribution in [2.24, 2.45) is 0 Å². The Bertz CT molecular complexity index is 532. The molecule has 5 nitrogen and oxygen atoms in total. The van der Waals surface area contributed by atoms with E-state index in [0.717, 1.165) is 12.8 Å². The van der Waals surface area contributed by atoms with Gasteiger partial charge in [0.1, 0.15) is 5.92 Å². The first kappa shape index (κ1) is 14.1. The molecule has 0 saturated heterocycles. The van der Waals surface area contributed by atoms with Gasteiger partial charge in [0.2, 0.25) is 11.8 Å². The van der Waals surface area contributed by atoms with Crippen LogP contribution in [0.5, 0.6) is 0 Å². The molecule has 0 spiro atoms. The number of nitrogens with zero attached hydrogens (tertiary/aromatic N) is 2. The van der Waals surface area contributed by atoms with Crippen LogP contribution in [0.2, 0.25) is 0 Å². The highest BCUT2D eigenvalue weighted by atomic mass is 16.2. The molecule has 1 N–H and O–H groups in total. The fourth-order valence-corrected chi connectivity index (χ4v) is 1.93. The second-order valence-corrected chi connectivity index (χ2v) is 5.01. The molecule has 0 aromatic heterocycles. The summed E-state index contributed by atoms with van der Waals surface area (Å²) >= 11 is 0. The Morgan fingerprint density at radius 1 is 1.40 bits per heavy atom. The maximum Gasteiger partial charge on any atom is 0.244 e. The van der Waals surface area contributed by atoms with E-state index in [0.29, 0.717) is 5.56 Å². The average Bonchev–Trinajstić information content (AvgIpc) is 3.24. The number of amides is 2. The highest BCUT2D eigenvalue weighted by Gasteiger charge is 2.27. The summed E-state index contributed by atoms with van der Waals surface area (Å²) in [4.78, 5) is 25.2. The van der Waals surface area contributed by atoms with Crippen molar-refractivity contribution in [3.63, 3.8) is 0 Å². The average molecular weight is 271 g/mol. The van der Waals surface area contributed by atoms with Gasteiger partial charge in [-0.05, 0) is 18.4 Å². The standard InChI is InChI=1S/C15H17N3O2/c1-18(10-14(19)17-12-7-8-12)15(20)13(9-16)11-5-3-2-4-6-11/h2-6,12-13H,7-8,10H2,1H3,(H,17,19). The molecule has 0 heterocycles. The molecule has 104 valence electrons. The number of likely N-dealkylation sites (N-methyl/N-ethyl adjacent to an activating group) is 1. The lowest BCUT2D eigenvalue weighted by Gasteiger charge is -2.19. The third kappa shape index (κ3) is 3.58. The smallest absolute Gasteiger partial charge is 0.244 e. The molecule has 0 aliphatic heterocycles. The summed E-state index contributed by atoms with van der Waals surface area (Å²) in [6.07, 6.45) is 2.02. The molecule has 0 bridgehead atoms. The number of carbonyl (C=O) groups excluding carboxylic acids is 2. The molecule has 1 aliphatic rings. The van der Waals surface area contributed by atoms with Gasteiger partial charge >= 0.3 is 0 Å². The summed E-state index contributed by atoms with van der Waals surface area (Å²) in [7, 11) is 1.54. The second kappa shape index (κ2) is 6.20. The minimum atomic E-state index is -0.866. The Hall–Kier alpha value is -2.35. The largest absolute Gasteiger partial charge is 0.352 e. The van der Waals surface area contributed by atoms with E-state index in [1.807, 2.05) is 12.1 Å². The highest BCUT2D eigenvalue weighted by molar-refractivity contribution is 5.90. The van der Waals surface area contributed by atoms with Crippen LogP contribution in [-0.2, 0) is 9.59 Å². The van der Waals surface area contributed by atoms with Crippen LogP contribution < -0.4 is 5.32 Å². The van der Waals surface area contributed by atoms with Gasteiger partial charge < -0.3 is 10.2 Å². The zero-order valence-electron chi connectivity index (χ0n) is 11.4. The molecule has 20 heavy (non-hydrogen) atoms. The minimum Gasteiger partial charge on any atom is -0.352 e. The van der Waals surface area contributed by atoms with E-state index in [2.05, 4.69) is 5.32 Å². The van der Waals surface area contributed by atoms with E-state index in [9.17, 15) is 14.9 Å². The summed E-state index contributed by atoms with van der Waals surface area (Å²) in [6.45, 7) is -0.0135. The monoisotopic (exact) mass is 271 g/mol. The Labute approximate surface area is 118 Å². The fourth-order valence-electron chi connectivity index (χ4n) is 1.93. The van der Waals surface area contributed by atoms with Crippen LogP contribution in [0, 0.1) is 11.3 Å². The van der Waals surface area contributed by atoms with Crippen LogP contribution in [0.1, 0.15) is 24.3 Å². The Kier molecular flexibility index (Phi) is 4.36. The van der Waals surface area contributed by atoms with Gasteiger partial charge in [-0.2, -0.15) is 5.26 Å². The van der Waals surface area contributed by atoms with E-state index in [-0.39, 0.29) is 24.4 Å². The van der Waals surface area contributed by atoms with Crippen molar-refractivity contribution in [2.75, 3.05) is 13.6 Å². The number of rotatable bonds is 5. The van der Waals surface area contributed by atoms with E-state index < -0.39 is 5.92 Å². The van der Waals surface area contributed by atoms with Crippen LogP contribution in [-0.4, -0.2) is 36.3 Å². The maximum absolute atomic E-state index is 12.2. The molecule has 1 aliphatic carbocycles. The lowest BCUT2D eigenvalue weighted by Crippen LogP contribution is -2.40. The summed E-state index contributed by atoms with van der Waals surface area (Å²) in [5.74, 6) is -1.40. The Morgan fingerprint density at radius 3 is 2.60 bits per heavy atom. The van der Waals surface area contributed by atoms with Gasteiger partial charge in [-0.15, -0.1) is 0 Å². The van der Waals surface area contributed by atoms with Gasteiger partial charge in [0.15, 0.2) is 0 Å². The lowest BCUT2D eigenvalue weighted by molar-refractivity contribution is -0.135. The summed E-state index contributed by atoms with van der Waals surface area (Å²) in [6, 6.07) is 11.2. The number of hydrogen-bond acceptors (Lipinski definition) is 3. The van der Waals surface area contributed by atoms with E-state index in [1.54, 1.807) is 31.3 Å². The summed E-state index contributed by atoms with van der Waals surface area (Å²) < 4.78 is 0. The maximum atomic E-state index is 12.2. The van der Waals surface area contributed by atoms with Crippen LogP contribution in [0.15, 0.2) is 30.3 Å². The van der Waals surface area contributed by atoms with Crippen molar-refractivity contribution in [2.45, 2.75) is 24.8 Å². The first-order valence-electron chi connectivity index (χ1n) is 6.60. The third-order valence-corrected chi connectivity index (χ3v) is 3.21. The first-order chi connectivity index (χ1) is 9.61. The van der Waals surface area contributed by atoms with E-state index in [1.165, 1.54) is 4.90 Å². The van der Waals surface area contributed by atoms with Gasteiger partial charge in [-0.25, -0.2) is 0 Å². The quantitative estimate of drug-likeness (QED) is 0.869. The van der Waals surface area contributed by atoms with E-state index in [4.69, 9.17) is 0 Å². The van der Waals surface area contributed by atoms with Gasteiger partial charge in [0.25, 0.3) is 0 Å². The van der Waals surface area contributed by atoms with Crippen molar-refractivity contribution in [1.82, 2.24) is 10.2 Å². The second-order valence-electron chi connectivity index (χ2n) is 5.01. The Balaban J connectivity index is 1.97. The molecule has 2 rings (SSSR count). The van der Waals surface area contributed by atoms with Crippen molar-refractivity contribution in [1.29, 1.82) is 5.26 Å². The number of nitrogens with one attached hydrogen (secondary N) is 1. The number of benzene rings is 1. The lowest BCUT2D eigenvalue weighted by atomic mass is 9.99. The predicted octanol–water partition coefficient (Wildman–Crippen LogP) is 1.03. The van der Waals surface area contributed by atoms with Gasteiger partial charge in [-0.3, -0.25) is 9.59 Å². The first-order valence-corrected chi connectivity index (χ1v) is 6.60. The van der Waals surface area contributed by atoms with E-state index >= 15 is 0 Å². The van der Waals surface area contributed by atoms with Gasteiger partial charge in [-0.1, -0.05) is 30.3 Å². The molecule has 2 amide bonds. The fraction of sp³-hybridized carbons (Fsp3) is 0.400. The van der Waals surface area contributed by atoms with Crippen LogP contribution in [0.4, 0.5) is 0 Å². The van der Waals surface area contributed by atoms with Crippen LogP contribution in [0.3, 0.4) is 0 Å². The topological polar surface area (TPSA) is 73.2 Å². The third-order valence-electron chi connectivity index (χ3n) is 3.21. The number of carbonyl (C=O) groups is 2. The van der Waals surface area contributed by atoms with Crippen molar-refractivity contribution >= 4 is 11.8 Å². The number of nitriles is 1. The molecule has 1 unspecified atom stereocenters. The summed E-state index contributed by atoms with van der Waals surface area (Å²) in [5, 5.41) is 12.0. The SMILES string of the molecule is CN(CC(=O)NC1CC1)C(=O)C(C#N)c1ccccc1. The molecule has 1 fully saturated rings. The minimum absolute atomic E-state index is 0.0135. The summed E-state index contributed by atoms with van der Waals surface area (Å²) in [5.41, 5.74) is 0.648. The van der Waals surface area contributed by atoms with Crippen LogP contribution >= 0.6 is 0 Å². The van der Waals surface area contributed by atoms with Crippen LogP contribution in [0.25, 0.3) is 0 Å². The molecule has 1 aromatic carbocycles. The molecule has 1 aromatic rings. The van der Waals surface area contributed by atoms with Crippen molar-refractivity contribution in [3.05, 3.63) is 35.9 Å². The highest BCUT2D eigenvalue weighted by Crippen LogP contribution is 2.19. The molecular formula is C15H17N3O2. The molecule has 0 radical (unpaired) electrons. The molecule has 1 atom stereocenters. The Morgan fingerprint density at radius 2 is 2.05 bits per heavy atom. The van der Waals surface area contributed by atoms with Gasteiger partial charge in [0.05, 0.1) is 12.6 Å². The number of hydrogen-bond donors (Lipinski definition) is 1. The zero-order valence-corrected chi connectivity index (χ0v) is 11.4. The molecular weight excluding hydrogens is 254 g/mol. The zero-order chi connectivity index (χ0) is 14.5. The predicted molar refractivity (Wildman–Crippen MR) is 73.6 cm³/mol. The van der Waals surface area contributed by atoms with Gasteiger partial charge in [0, 0.05) is 13.1 Å². The molecule has 5 heteroatoms. The normalized spacial score (nSPS) is 15.0. The van der Waals surface area contributed by atoms with Crippen molar-refractivity contribution in [3.8, 4) is 6.07 Å².